The second kappa shape index (κ2) is 6.02. The summed E-state index contributed by atoms with van der Waals surface area (Å²) in [5.74, 6) is 1.93. The molecule has 0 amide bonds. The monoisotopic (exact) mass is 225 g/mol. The molecule has 2 heteroatoms. The molecule has 2 fully saturated rings. The molecule has 94 valence electrons. The highest BCUT2D eigenvalue weighted by Gasteiger charge is 2.38. The summed E-state index contributed by atoms with van der Waals surface area (Å²) in [5.41, 5.74) is 0. The SMILES string of the molecule is CCNC(CCCC1CCCO1)C1CC1C. The van der Waals surface area contributed by atoms with Crippen molar-refractivity contribution in [1.82, 2.24) is 5.32 Å². The standard InChI is InChI=1S/C14H27NO/c1-3-15-14(13-10-11(13)2)8-4-6-12-7-5-9-16-12/h11-15H,3-10H2,1-2H3. The Kier molecular flexibility index (Phi) is 4.66. The van der Waals surface area contributed by atoms with Crippen molar-refractivity contribution in [3.05, 3.63) is 0 Å². The minimum absolute atomic E-state index is 0.582. The smallest absolute Gasteiger partial charge is 0.0576 e. The predicted molar refractivity (Wildman–Crippen MR) is 67.6 cm³/mol. The van der Waals surface area contributed by atoms with Crippen LogP contribution in [0.15, 0.2) is 0 Å². The third-order valence-electron chi connectivity index (χ3n) is 4.22. The normalized spacial score (nSPS) is 35.2. The van der Waals surface area contributed by atoms with E-state index in [2.05, 4.69) is 19.2 Å². The van der Waals surface area contributed by atoms with Crippen molar-refractivity contribution in [3.8, 4) is 0 Å². The van der Waals surface area contributed by atoms with Crippen LogP contribution in [0.3, 0.4) is 0 Å². The fourth-order valence-electron chi connectivity index (χ4n) is 3.08. The molecular weight excluding hydrogens is 198 g/mol. The lowest BCUT2D eigenvalue weighted by Crippen LogP contribution is -2.31. The average molecular weight is 225 g/mol. The molecule has 0 spiro atoms. The van der Waals surface area contributed by atoms with E-state index in [1.807, 2.05) is 0 Å². The summed E-state index contributed by atoms with van der Waals surface area (Å²) in [6, 6.07) is 0.779. The van der Waals surface area contributed by atoms with Crippen molar-refractivity contribution in [2.75, 3.05) is 13.2 Å². The van der Waals surface area contributed by atoms with Gasteiger partial charge < -0.3 is 10.1 Å². The van der Waals surface area contributed by atoms with Gasteiger partial charge in [0.05, 0.1) is 6.10 Å². The molecule has 1 aliphatic carbocycles. The van der Waals surface area contributed by atoms with Crippen LogP contribution in [0.1, 0.15) is 52.4 Å². The zero-order valence-electron chi connectivity index (χ0n) is 10.9. The van der Waals surface area contributed by atoms with Gasteiger partial charge in [-0.2, -0.15) is 0 Å². The summed E-state index contributed by atoms with van der Waals surface area (Å²) in [5, 5.41) is 3.66. The van der Waals surface area contributed by atoms with Gasteiger partial charge in [-0.05, 0) is 56.9 Å². The molecule has 0 aromatic heterocycles. The maximum Gasteiger partial charge on any atom is 0.0576 e. The van der Waals surface area contributed by atoms with E-state index in [1.165, 1.54) is 38.5 Å². The van der Waals surface area contributed by atoms with Crippen LogP contribution >= 0.6 is 0 Å². The van der Waals surface area contributed by atoms with E-state index in [4.69, 9.17) is 4.74 Å². The van der Waals surface area contributed by atoms with E-state index in [9.17, 15) is 0 Å². The van der Waals surface area contributed by atoms with Gasteiger partial charge in [-0.3, -0.25) is 0 Å². The first-order valence-corrected chi connectivity index (χ1v) is 7.16. The number of hydrogen-bond acceptors (Lipinski definition) is 2. The molecule has 1 N–H and O–H groups in total. The van der Waals surface area contributed by atoms with Crippen molar-refractivity contribution in [3.63, 3.8) is 0 Å². The van der Waals surface area contributed by atoms with Gasteiger partial charge in [0.15, 0.2) is 0 Å². The van der Waals surface area contributed by atoms with E-state index >= 15 is 0 Å². The first-order valence-electron chi connectivity index (χ1n) is 7.16. The second-order valence-corrected chi connectivity index (χ2v) is 5.61. The van der Waals surface area contributed by atoms with Crippen LogP contribution in [0.25, 0.3) is 0 Å². The lowest BCUT2D eigenvalue weighted by atomic mass is 10.0. The van der Waals surface area contributed by atoms with Gasteiger partial charge in [-0.1, -0.05) is 13.8 Å². The van der Waals surface area contributed by atoms with Crippen LogP contribution in [0.5, 0.6) is 0 Å². The Balaban J connectivity index is 1.61. The Morgan fingerprint density at radius 1 is 1.44 bits per heavy atom. The van der Waals surface area contributed by atoms with Crippen LogP contribution < -0.4 is 5.32 Å². The fourth-order valence-corrected chi connectivity index (χ4v) is 3.08. The largest absolute Gasteiger partial charge is 0.378 e. The van der Waals surface area contributed by atoms with Crippen molar-refractivity contribution in [2.24, 2.45) is 11.8 Å². The van der Waals surface area contributed by atoms with Crippen LogP contribution in [0, 0.1) is 11.8 Å². The highest BCUT2D eigenvalue weighted by Crippen LogP contribution is 2.42. The second-order valence-electron chi connectivity index (χ2n) is 5.61. The van der Waals surface area contributed by atoms with Crippen molar-refractivity contribution < 1.29 is 4.74 Å². The minimum Gasteiger partial charge on any atom is -0.378 e. The van der Waals surface area contributed by atoms with E-state index in [1.54, 1.807) is 0 Å². The zero-order valence-corrected chi connectivity index (χ0v) is 10.9. The quantitative estimate of drug-likeness (QED) is 0.719. The third kappa shape index (κ3) is 3.46. The molecule has 16 heavy (non-hydrogen) atoms. The fraction of sp³-hybridized carbons (Fsp3) is 1.00. The van der Waals surface area contributed by atoms with Crippen LogP contribution in [0.2, 0.25) is 0 Å². The molecule has 2 nitrogen and oxygen atoms in total. The number of ether oxygens (including phenoxy) is 1. The van der Waals surface area contributed by atoms with Crippen LogP contribution in [-0.2, 0) is 4.74 Å². The first-order chi connectivity index (χ1) is 7.81. The Labute approximate surface area is 100 Å². The molecule has 1 heterocycles. The molecule has 0 bridgehead atoms. The average Bonchev–Trinajstić information content (AvgIpc) is 2.80. The van der Waals surface area contributed by atoms with Crippen LogP contribution in [0.4, 0.5) is 0 Å². The summed E-state index contributed by atoms with van der Waals surface area (Å²) < 4.78 is 5.67. The van der Waals surface area contributed by atoms with Gasteiger partial charge in [-0.15, -0.1) is 0 Å². The lowest BCUT2D eigenvalue weighted by molar-refractivity contribution is 0.101. The molecule has 2 aliphatic rings. The van der Waals surface area contributed by atoms with E-state index in [-0.39, 0.29) is 0 Å². The van der Waals surface area contributed by atoms with E-state index in [0.717, 1.165) is 31.0 Å². The highest BCUT2D eigenvalue weighted by atomic mass is 16.5. The first kappa shape index (κ1) is 12.4. The molecule has 4 atom stereocenters. The summed E-state index contributed by atoms with van der Waals surface area (Å²) in [6.45, 7) is 6.73. The van der Waals surface area contributed by atoms with E-state index in [0.29, 0.717) is 6.10 Å². The Bertz CT molecular complexity index is 201. The molecule has 1 saturated heterocycles. The summed E-state index contributed by atoms with van der Waals surface area (Å²) in [4.78, 5) is 0. The Hall–Kier alpha value is -0.0800. The topological polar surface area (TPSA) is 21.3 Å². The molecular formula is C14H27NO. The molecule has 2 rings (SSSR count). The summed E-state index contributed by atoms with van der Waals surface area (Å²) in [6.07, 6.45) is 8.57. The lowest BCUT2D eigenvalue weighted by Gasteiger charge is -2.18. The molecule has 0 aromatic rings. The van der Waals surface area contributed by atoms with Gasteiger partial charge >= 0.3 is 0 Å². The maximum absolute atomic E-state index is 5.67. The third-order valence-corrected chi connectivity index (χ3v) is 4.22. The zero-order chi connectivity index (χ0) is 11.4. The van der Waals surface area contributed by atoms with Crippen molar-refractivity contribution in [2.45, 2.75) is 64.5 Å². The summed E-state index contributed by atoms with van der Waals surface area (Å²) >= 11 is 0. The number of hydrogen-bond donors (Lipinski definition) is 1. The van der Waals surface area contributed by atoms with Gasteiger partial charge in [-0.25, -0.2) is 0 Å². The molecule has 0 radical (unpaired) electrons. The van der Waals surface area contributed by atoms with Crippen LogP contribution in [-0.4, -0.2) is 25.3 Å². The minimum atomic E-state index is 0.582. The van der Waals surface area contributed by atoms with Gasteiger partial charge in [0.1, 0.15) is 0 Å². The number of rotatable bonds is 7. The Morgan fingerprint density at radius 2 is 2.25 bits per heavy atom. The van der Waals surface area contributed by atoms with Gasteiger partial charge in [0.25, 0.3) is 0 Å². The highest BCUT2D eigenvalue weighted by molar-refractivity contribution is 4.92. The van der Waals surface area contributed by atoms with Crippen molar-refractivity contribution in [1.29, 1.82) is 0 Å². The van der Waals surface area contributed by atoms with Gasteiger partial charge in [0, 0.05) is 12.6 Å². The van der Waals surface area contributed by atoms with E-state index < -0.39 is 0 Å². The Morgan fingerprint density at radius 3 is 2.81 bits per heavy atom. The number of nitrogens with one attached hydrogen (secondary N) is 1. The molecule has 4 unspecified atom stereocenters. The predicted octanol–water partition coefficient (Wildman–Crippen LogP) is 2.97. The molecule has 1 aliphatic heterocycles. The molecule has 0 aromatic carbocycles. The van der Waals surface area contributed by atoms with Crippen molar-refractivity contribution >= 4 is 0 Å². The molecule has 1 saturated carbocycles. The maximum atomic E-state index is 5.67. The summed E-state index contributed by atoms with van der Waals surface area (Å²) in [7, 11) is 0. The van der Waals surface area contributed by atoms with Gasteiger partial charge in [0.2, 0.25) is 0 Å².